The van der Waals surface area contributed by atoms with Gasteiger partial charge >= 0.3 is 0 Å². The van der Waals surface area contributed by atoms with Crippen molar-refractivity contribution in [2.45, 2.75) is 6.61 Å². The third-order valence-electron chi connectivity index (χ3n) is 6.60. The van der Waals surface area contributed by atoms with Gasteiger partial charge in [0.15, 0.2) is 5.76 Å². The van der Waals surface area contributed by atoms with Gasteiger partial charge in [0.2, 0.25) is 5.82 Å². The van der Waals surface area contributed by atoms with Gasteiger partial charge in [-0.1, -0.05) is 59.6 Å². The molecule has 0 aliphatic carbocycles. The van der Waals surface area contributed by atoms with Crippen LogP contribution < -0.4 is 15.2 Å². The summed E-state index contributed by atoms with van der Waals surface area (Å²) in [6.45, 7) is 0.260. The van der Waals surface area contributed by atoms with Crippen LogP contribution in [-0.4, -0.2) is 30.0 Å². The molecule has 204 valence electrons. The molecule has 7 nitrogen and oxygen atoms in total. The van der Waals surface area contributed by atoms with E-state index in [1.54, 1.807) is 36.5 Å². The van der Waals surface area contributed by atoms with E-state index in [1.807, 2.05) is 79.7 Å². The highest BCUT2D eigenvalue weighted by atomic mass is 35.5. The first-order valence-electron chi connectivity index (χ1n) is 12.8. The molecule has 0 atom stereocenters. The summed E-state index contributed by atoms with van der Waals surface area (Å²) >= 11 is 12.3. The van der Waals surface area contributed by atoms with Crippen molar-refractivity contribution in [1.29, 1.82) is 0 Å². The number of halogens is 2. The average molecular weight is 583 g/mol. The molecule has 41 heavy (non-hydrogen) atoms. The minimum Gasteiger partial charge on any atom is -0.488 e. The van der Waals surface area contributed by atoms with Gasteiger partial charge in [0.1, 0.15) is 17.9 Å². The van der Waals surface area contributed by atoms with Crippen molar-refractivity contribution in [3.63, 3.8) is 0 Å². The predicted molar refractivity (Wildman–Crippen MR) is 166 cm³/mol. The van der Waals surface area contributed by atoms with Gasteiger partial charge in [-0.3, -0.25) is 4.79 Å². The molecular formula is C32H24Cl2N4O3. The molecule has 0 radical (unpaired) electrons. The van der Waals surface area contributed by atoms with E-state index in [2.05, 4.69) is 5.10 Å². The highest BCUT2D eigenvalue weighted by molar-refractivity contribution is 6.42. The van der Waals surface area contributed by atoms with Crippen molar-refractivity contribution in [2.75, 3.05) is 19.0 Å². The number of benzene rings is 4. The van der Waals surface area contributed by atoms with Crippen molar-refractivity contribution < 1.29 is 9.15 Å². The van der Waals surface area contributed by atoms with E-state index in [0.29, 0.717) is 49.4 Å². The Kier molecular flexibility index (Phi) is 7.22. The van der Waals surface area contributed by atoms with Crippen LogP contribution in [-0.2, 0) is 6.61 Å². The summed E-state index contributed by atoms with van der Waals surface area (Å²) in [4.78, 5) is 20.4. The highest BCUT2D eigenvalue weighted by Crippen LogP contribution is 2.29. The molecular weight excluding hydrogens is 559 g/mol. The van der Waals surface area contributed by atoms with Gasteiger partial charge in [-0.05, 0) is 54.1 Å². The maximum atomic E-state index is 13.7. The lowest BCUT2D eigenvalue weighted by Crippen LogP contribution is -2.20. The molecule has 0 fully saturated rings. The molecule has 0 spiro atoms. The van der Waals surface area contributed by atoms with E-state index < -0.39 is 0 Å². The quantitative estimate of drug-likeness (QED) is 0.181. The number of anilines is 1. The predicted octanol–water partition coefficient (Wildman–Crippen LogP) is 7.64. The Morgan fingerprint density at radius 1 is 0.951 bits per heavy atom. The molecule has 6 rings (SSSR count). The third-order valence-corrected chi connectivity index (χ3v) is 7.34. The number of para-hydroxylation sites is 2. The monoisotopic (exact) mass is 582 g/mol. The maximum absolute atomic E-state index is 13.7. The second kappa shape index (κ2) is 11.1. The number of aromatic nitrogens is 2. The van der Waals surface area contributed by atoms with Crippen LogP contribution in [0.1, 0.15) is 11.1 Å². The van der Waals surface area contributed by atoms with Crippen molar-refractivity contribution in [1.82, 2.24) is 9.66 Å². The minimum absolute atomic E-state index is 0.260. The normalized spacial score (nSPS) is 11.5. The van der Waals surface area contributed by atoms with Crippen LogP contribution in [0.5, 0.6) is 5.75 Å². The van der Waals surface area contributed by atoms with E-state index in [-0.39, 0.29) is 12.2 Å². The maximum Gasteiger partial charge on any atom is 0.282 e. The van der Waals surface area contributed by atoms with Gasteiger partial charge in [-0.2, -0.15) is 9.78 Å². The van der Waals surface area contributed by atoms with E-state index in [9.17, 15) is 4.79 Å². The molecule has 0 aliphatic heterocycles. The number of rotatable bonds is 7. The average Bonchev–Trinajstić information content (AvgIpc) is 3.42. The molecule has 0 saturated heterocycles. The van der Waals surface area contributed by atoms with Gasteiger partial charge in [0.25, 0.3) is 5.56 Å². The molecule has 0 amide bonds. The van der Waals surface area contributed by atoms with Crippen LogP contribution in [0.25, 0.3) is 33.5 Å². The Morgan fingerprint density at radius 2 is 1.76 bits per heavy atom. The summed E-state index contributed by atoms with van der Waals surface area (Å²) in [6.07, 6.45) is 1.59. The fraction of sp³-hybridized carbons (Fsp3) is 0.0938. The lowest BCUT2D eigenvalue weighted by atomic mass is 10.2. The zero-order valence-corrected chi connectivity index (χ0v) is 23.7. The number of furan rings is 1. The Balaban J connectivity index is 1.44. The molecule has 9 heteroatoms. The summed E-state index contributed by atoms with van der Waals surface area (Å²) < 4.78 is 13.6. The molecule has 0 bridgehead atoms. The molecule has 4 aromatic carbocycles. The number of nitrogens with zero attached hydrogens (tertiary/aromatic N) is 4. The second-order valence-corrected chi connectivity index (χ2v) is 10.4. The van der Waals surface area contributed by atoms with Crippen LogP contribution in [0.15, 0.2) is 105 Å². The molecule has 0 aliphatic rings. The van der Waals surface area contributed by atoms with Crippen molar-refractivity contribution in [3.05, 3.63) is 123 Å². The number of hydrogen-bond donors (Lipinski definition) is 0. The Morgan fingerprint density at radius 3 is 2.56 bits per heavy atom. The summed E-state index contributed by atoms with van der Waals surface area (Å²) in [7, 11) is 3.90. The molecule has 2 heterocycles. The van der Waals surface area contributed by atoms with Gasteiger partial charge in [0.05, 0.1) is 27.2 Å². The van der Waals surface area contributed by atoms with E-state index in [4.69, 9.17) is 37.3 Å². The lowest BCUT2D eigenvalue weighted by molar-refractivity contribution is 0.306. The smallest absolute Gasteiger partial charge is 0.282 e. The second-order valence-electron chi connectivity index (χ2n) is 9.62. The molecule has 0 unspecified atom stereocenters. The van der Waals surface area contributed by atoms with Crippen LogP contribution in [0.4, 0.5) is 5.69 Å². The van der Waals surface area contributed by atoms with Crippen LogP contribution >= 0.6 is 23.2 Å². The fourth-order valence-corrected chi connectivity index (χ4v) is 4.75. The minimum atomic E-state index is -0.314. The molecule has 6 aromatic rings. The summed E-state index contributed by atoms with van der Waals surface area (Å²) in [5, 5.41) is 6.90. The molecule has 0 saturated carbocycles. The summed E-state index contributed by atoms with van der Waals surface area (Å²) in [6, 6.07) is 27.8. The number of ether oxygens (including phenoxy) is 1. The number of hydrogen-bond acceptors (Lipinski definition) is 6. The number of fused-ring (bicyclic) bond motifs is 2. The fourth-order valence-electron chi connectivity index (χ4n) is 4.43. The van der Waals surface area contributed by atoms with Crippen LogP contribution in [0.2, 0.25) is 10.0 Å². The van der Waals surface area contributed by atoms with Crippen LogP contribution in [0, 0.1) is 0 Å². The van der Waals surface area contributed by atoms with E-state index in [1.165, 1.54) is 4.68 Å². The van der Waals surface area contributed by atoms with Gasteiger partial charge in [-0.15, -0.1) is 0 Å². The summed E-state index contributed by atoms with van der Waals surface area (Å²) in [5.74, 6) is 1.31. The first kappa shape index (κ1) is 26.6. The van der Waals surface area contributed by atoms with Gasteiger partial charge in [-0.25, -0.2) is 4.98 Å². The lowest BCUT2D eigenvalue weighted by Gasteiger charge is -2.16. The van der Waals surface area contributed by atoms with E-state index >= 15 is 0 Å². The van der Waals surface area contributed by atoms with Gasteiger partial charge < -0.3 is 14.1 Å². The zero-order valence-electron chi connectivity index (χ0n) is 22.2. The van der Waals surface area contributed by atoms with Crippen molar-refractivity contribution in [3.8, 4) is 17.3 Å². The third kappa shape index (κ3) is 5.42. The first-order valence-corrected chi connectivity index (χ1v) is 13.6. The Bertz CT molecular complexity index is 1960. The summed E-state index contributed by atoms with van der Waals surface area (Å²) in [5.41, 5.74) is 3.41. The highest BCUT2D eigenvalue weighted by Gasteiger charge is 2.17. The Labute approximate surface area is 245 Å². The van der Waals surface area contributed by atoms with Crippen LogP contribution in [0.3, 0.4) is 0 Å². The molecule has 2 aromatic heterocycles. The van der Waals surface area contributed by atoms with E-state index in [0.717, 1.165) is 16.6 Å². The Hall–Kier alpha value is -4.59. The van der Waals surface area contributed by atoms with Crippen molar-refractivity contribution >= 4 is 57.0 Å². The standard InChI is InChI=1S/C32H24Cl2N4O3/c1-37(2)23-13-12-22(29(17-23)40-19-20-11-14-25(33)26(34)15-20)18-35-38-31(30-16-21-7-3-6-10-28(21)41-30)36-27-9-5-4-8-24(27)32(38)39/h3-18H,19H2,1-2H3. The largest absolute Gasteiger partial charge is 0.488 e. The SMILES string of the molecule is CN(C)c1ccc(C=Nn2c(-c3cc4ccccc4o3)nc3ccccc3c2=O)c(OCc2ccc(Cl)c(Cl)c2)c1. The van der Waals surface area contributed by atoms with Crippen molar-refractivity contribution in [2.24, 2.45) is 5.10 Å². The zero-order chi connectivity index (χ0) is 28.5. The topological polar surface area (TPSA) is 72.9 Å². The first-order chi connectivity index (χ1) is 19.9. The van der Waals surface area contributed by atoms with Gasteiger partial charge in [0, 0.05) is 36.8 Å². The molecule has 0 N–H and O–H groups in total.